The maximum absolute atomic E-state index is 10.5. The Morgan fingerprint density at radius 1 is 0.949 bits per heavy atom. The largest absolute Gasteiger partial charge is 0.393 e. The van der Waals surface area contributed by atoms with Crippen molar-refractivity contribution in [2.45, 2.75) is 148 Å². The van der Waals surface area contributed by atoms with Crippen LogP contribution in [0, 0.1) is 29.1 Å². The maximum Gasteiger partial charge on any atom is 0.151 e. The first-order valence-electron chi connectivity index (χ1n) is 16.6. The van der Waals surface area contributed by atoms with E-state index in [1.165, 1.54) is 76.3 Å². The molecule has 2 unspecified atom stereocenters. The van der Waals surface area contributed by atoms with Gasteiger partial charge in [-0.2, -0.15) is 0 Å². The Balaban J connectivity index is 1.42. The highest BCUT2D eigenvalue weighted by atomic mass is 16.5. The molecule has 0 radical (unpaired) electrons. The van der Waals surface area contributed by atoms with Gasteiger partial charge in [0.25, 0.3) is 0 Å². The van der Waals surface area contributed by atoms with Gasteiger partial charge in [-0.15, -0.1) is 0 Å². The van der Waals surface area contributed by atoms with Crippen molar-refractivity contribution in [2.75, 3.05) is 13.1 Å². The fraction of sp³-hybridized carbons (Fsp3) is 0.882. The summed E-state index contributed by atoms with van der Waals surface area (Å²) in [6.45, 7) is 11.4. The summed E-state index contributed by atoms with van der Waals surface area (Å²) in [6, 6.07) is 0.290. The number of hydrogen-bond donors (Lipinski definition) is 4. The lowest BCUT2D eigenvalue weighted by Crippen LogP contribution is -2.38. The lowest BCUT2D eigenvalue weighted by Gasteiger charge is -2.45. The molecule has 5 N–H and O–H groups in total. The van der Waals surface area contributed by atoms with Crippen LogP contribution in [0.25, 0.3) is 0 Å². The van der Waals surface area contributed by atoms with Gasteiger partial charge in [0.2, 0.25) is 0 Å². The van der Waals surface area contributed by atoms with Crippen LogP contribution in [0.1, 0.15) is 129 Å². The first kappa shape index (κ1) is 32.6. The normalized spacial score (nSPS) is 28.8. The van der Waals surface area contributed by atoms with Crippen LogP contribution in [0.3, 0.4) is 0 Å². The van der Waals surface area contributed by atoms with Gasteiger partial charge in [0.1, 0.15) is 0 Å². The van der Waals surface area contributed by atoms with Crippen molar-refractivity contribution in [1.29, 1.82) is 0 Å². The Kier molecular flexibility index (Phi) is 13.8. The smallest absolute Gasteiger partial charge is 0.151 e. The van der Waals surface area contributed by atoms with Gasteiger partial charge in [-0.25, -0.2) is 0 Å². The second-order valence-electron chi connectivity index (χ2n) is 13.8. The highest BCUT2D eigenvalue weighted by Gasteiger charge is 2.38. The average molecular weight is 547 g/mol. The quantitative estimate of drug-likeness (QED) is 0.125. The molecule has 2 saturated carbocycles. The molecule has 0 aromatic rings. The third-order valence-electron chi connectivity index (χ3n) is 10.8. The molecular formula is C34H62N2O3. The van der Waals surface area contributed by atoms with E-state index in [4.69, 9.17) is 15.9 Å². The molecule has 0 aliphatic heterocycles. The number of allylic oxidation sites excluding steroid dienone is 1. The van der Waals surface area contributed by atoms with E-state index in [-0.39, 0.29) is 5.92 Å². The summed E-state index contributed by atoms with van der Waals surface area (Å²) >= 11 is 0. The van der Waals surface area contributed by atoms with Crippen LogP contribution >= 0.6 is 0 Å². The van der Waals surface area contributed by atoms with E-state index in [1.54, 1.807) is 0 Å². The average Bonchev–Trinajstić information content (AvgIpc) is 2.94. The number of nitrogens with two attached hydrogens (primary N) is 1. The van der Waals surface area contributed by atoms with Crippen LogP contribution in [-0.4, -0.2) is 51.7 Å². The van der Waals surface area contributed by atoms with Crippen molar-refractivity contribution in [3.05, 3.63) is 24.4 Å². The molecule has 0 amide bonds. The van der Waals surface area contributed by atoms with Gasteiger partial charge in [0.05, 0.1) is 6.10 Å². The molecule has 3 aliphatic carbocycles. The minimum atomic E-state index is -1.27. The number of unbranched alkanes of at least 4 members (excludes halogenated alkanes) is 1. The van der Waals surface area contributed by atoms with Gasteiger partial charge in [-0.1, -0.05) is 58.3 Å². The summed E-state index contributed by atoms with van der Waals surface area (Å²) in [4.78, 5) is 2.52. The second kappa shape index (κ2) is 16.5. The van der Waals surface area contributed by atoms with Crippen LogP contribution in [0.4, 0.5) is 0 Å². The SMILES string of the molecule is C=C(CCC(N)C1CCC(C2(C)CCCCC2)CC1)N(CCCC)C[C@H]1C=CC([C@@H](O)CCCC(O)O)CC1. The molecule has 4 atom stereocenters. The molecule has 226 valence electrons. The Morgan fingerprint density at radius 2 is 1.67 bits per heavy atom. The first-order valence-corrected chi connectivity index (χ1v) is 16.6. The zero-order valence-electron chi connectivity index (χ0n) is 25.4. The van der Waals surface area contributed by atoms with E-state index < -0.39 is 12.4 Å². The number of rotatable bonds is 16. The zero-order valence-corrected chi connectivity index (χ0v) is 25.4. The maximum atomic E-state index is 10.5. The van der Waals surface area contributed by atoms with Crippen LogP contribution in [0.2, 0.25) is 0 Å². The Bertz CT molecular complexity index is 724. The summed E-state index contributed by atoms with van der Waals surface area (Å²) in [5.74, 6) is 2.26. The van der Waals surface area contributed by atoms with Crippen LogP contribution < -0.4 is 5.73 Å². The topological polar surface area (TPSA) is 90.0 Å². The molecule has 0 heterocycles. The lowest BCUT2D eigenvalue weighted by molar-refractivity contribution is -0.0486. The molecule has 0 aromatic heterocycles. The van der Waals surface area contributed by atoms with Gasteiger partial charge in [-0.05, 0) is 113 Å². The van der Waals surface area contributed by atoms with Crippen LogP contribution in [0.15, 0.2) is 24.4 Å². The summed E-state index contributed by atoms with van der Waals surface area (Å²) in [5.41, 5.74) is 8.65. The molecule has 0 aromatic carbocycles. The van der Waals surface area contributed by atoms with Gasteiger partial charge < -0.3 is 26.0 Å². The standard InChI is InChI=1S/C34H62N2O3/c1-4-5-24-36(25-27-13-15-29(16-14-27)32(37)10-9-11-33(38)39)26(2)12-21-31(35)28-17-19-30(20-18-28)34(3)22-7-6-8-23-34/h13,15,27-33,37-39H,2,4-12,14,16-25,35H2,1,3H3/t27-,28?,29?,30?,31?,32-/m0/s1. The van der Waals surface area contributed by atoms with E-state index in [1.807, 2.05) is 0 Å². The Labute approximate surface area is 240 Å². The molecule has 39 heavy (non-hydrogen) atoms. The highest BCUT2D eigenvalue weighted by Crippen LogP contribution is 2.49. The number of aliphatic hydroxyl groups is 3. The van der Waals surface area contributed by atoms with Crippen molar-refractivity contribution >= 4 is 0 Å². The van der Waals surface area contributed by atoms with Crippen LogP contribution in [-0.2, 0) is 0 Å². The van der Waals surface area contributed by atoms with Crippen LogP contribution in [0.5, 0.6) is 0 Å². The van der Waals surface area contributed by atoms with E-state index in [9.17, 15) is 5.11 Å². The summed E-state index contributed by atoms with van der Waals surface area (Å²) in [5, 5.41) is 28.6. The van der Waals surface area contributed by atoms with Gasteiger partial charge in [0, 0.05) is 30.7 Å². The monoisotopic (exact) mass is 546 g/mol. The Morgan fingerprint density at radius 3 is 2.28 bits per heavy atom. The highest BCUT2D eigenvalue weighted by molar-refractivity contribution is 5.04. The zero-order chi connectivity index (χ0) is 28.3. The fourth-order valence-electron chi connectivity index (χ4n) is 7.84. The minimum Gasteiger partial charge on any atom is -0.393 e. The Hall–Kier alpha value is -0.880. The van der Waals surface area contributed by atoms with Gasteiger partial charge in [0.15, 0.2) is 6.29 Å². The van der Waals surface area contributed by atoms with Crippen molar-refractivity contribution < 1.29 is 15.3 Å². The third-order valence-corrected chi connectivity index (χ3v) is 10.8. The summed E-state index contributed by atoms with van der Waals surface area (Å²) in [7, 11) is 0. The van der Waals surface area contributed by atoms with E-state index in [0.29, 0.717) is 42.6 Å². The predicted octanol–water partition coefficient (Wildman–Crippen LogP) is 6.91. The molecule has 0 spiro atoms. The molecule has 3 rings (SSSR count). The summed E-state index contributed by atoms with van der Waals surface area (Å²) < 4.78 is 0. The van der Waals surface area contributed by atoms with E-state index in [0.717, 1.165) is 44.7 Å². The van der Waals surface area contributed by atoms with Crippen molar-refractivity contribution in [1.82, 2.24) is 4.90 Å². The number of aliphatic hydroxyl groups excluding tert-OH is 2. The summed E-state index contributed by atoms with van der Waals surface area (Å²) in [6.07, 6.45) is 23.5. The van der Waals surface area contributed by atoms with Crippen molar-refractivity contribution in [3.63, 3.8) is 0 Å². The number of hydrogen-bond acceptors (Lipinski definition) is 5. The molecule has 2 fully saturated rings. The van der Waals surface area contributed by atoms with E-state index in [2.05, 4.69) is 37.5 Å². The minimum absolute atomic E-state index is 0.179. The molecule has 5 nitrogen and oxygen atoms in total. The first-order chi connectivity index (χ1) is 18.7. The van der Waals surface area contributed by atoms with E-state index >= 15 is 0 Å². The lowest BCUT2D eigenvalue weighted by atomic mass is 9.61. The molecule has 5 heteroatoms. The van der Waals surface area contributed by atoms with Crippen molar-refractivity contribution in [3.8, 4) is 0 Å². The fourth-order valence-corrected chi connectivity index (χ4v) is 7.84. The third kappa shape index (κ3) is 10.5. The van der Waals surface area contributed by atoms with Gasteiger partial charge in [-0.3, -0.25) is 0 Å². The van der Waals surface area contributed by atoms with Gasteiger partial charge >= 0.3 is 0 Å². The molecular weight excluding hydrogens is 484 g/mol. The molecule has 3 aliphatic rings. The van der Waals surface area contributed by atoms with Crippen molar-refractivity contribution in [2.24, 2.45) is 34.8 Å². The molecule has 0 saturated heterocycles. The second-order valence-corrected chi connectivity index (χ2v) is 13.8. The molecule has 0 bridgehead atoms. The number of nitrogens with zero attached hydrogens (tertiary/aromatic N) is 1. The predicted molar refractivity (Wildman–Crippen MR) is 163 cm³/mol.